The Morgan fingerprint density at radius 2 is 2.15 bits per heavy atom. The Labute approximate surface area is 125 Å². The minimum absolute atomic E-state index is 0.231. The number of hydrogen-bond donors (Lipinski definition) is 1. The summed E-state index contributed by atoms with van der Waals surface area (Å²) < 4.78 is 1.41. The van der Waals surface area contributed by atoms with Crippen LogP contribution in [0.3, 0.4) is 0 Å². The second-order valence-electron chi connectivity index (χ2n) is 6.44. The Bertz CT molecular complexity index is 587. The van der Waals surface area contributed by atoms with Crippen LogP contribution in [-0.4, -0.2) is 29.6 Å². The van der Waals surface area contributed by atoms with Gasteiger partial charge in [0.2, 0.25) is 0 Å². The minimum Gasteiger partial charge on any atom is -0.311 e. The van der Waals surface area contributed by atoms with Crippen molar-refractivity contribution in [2.45, 2.75) is 45.3 Å². The van der Waals surface area contributed by atoms with Crippen molar-refractivity contribution in [1.29, 1.82) is 0 Å². The highest BCUT2D eigenvalue weighted by Gasteiger charge is 2.33. The first kappa shape index (κ1) is 14.1. The summed E-state index contributed by atoms with van der Waals surface area (Å²) in [6.45, 7) is 10.3. The van der Waals surface area contributed by atoms with E-state index < -0.39 is 0 Å². The van der Waals surface area contributed by atoms with Gasteiger partial charge in [-0.2, -0.15) is 0 Å². The molecule has 0 saturated carbocycles. The quantitative estimate of drug-likeness (QED) is 0.922. The largest absolute Gasteiger partial charge is 0.311 e. The van der Waals surface area contributed by atoms with Gasteiger partial charge < -0.3 is 5.32 Å². The number of fused-ring (bicyclic) bond motifs is 1. The molecule has 3 rings (SSSR count). The van der Waals surface area contributed by atoms with Gasteiger partial charge in [-0.25, -0.2) is 0 Å². The molecule has 2 nitrogen and oxygen atoms in total. The average molecular weight is 288 g/mol. The number of benzene rings is 1. The predicted molar refractivity (Wildman–Crippen MR) is 88.4 cm³/mol. The van der Waals surface area contributed by atoms with Gasteiger partial charge in [0.05, 0.1) is 0 Å². The van der Waals surface area contributed by atoms with E-state index in [2.05, 4.69) is 60.6 Å². The van der Waals surface area contributed by atoms with Crippen molar-refractivity contribution in [2.24, 2.45) is 0 Å². The molecule has 1 saturated heterocycles. The normalized spacial score (nSPS) is 23.2. The van der Waals surface area contributed by atoms with Crippen LogP contribution in [0.15, 0.2) is 29.6 Å². The zero-order valence-corrected chi connectivity index (χ0v) is 13.5. The lowest BCUT2D eigenvalue weighted by atomic mass is 9.95. The standard InChI is InChI=1S/C17H24N2S/c1-4-14-10-19(17(2,3)12-18-14)9-13-11-20-16-8-6-5-7-15(13)16/h5-8,11,14,18H,4,9-10,12H2,1-3H3. The average Bonchev–Trinajstić information content (AvgIpc) is 2.85. The van der Waals surface area contributed by atoms with E-state index in [0.29, 0.717) is 6.04 Å². The molecular weight excluding hydrogens is 264 g/mol. The van der Waals surface area contributed by atoms with E-state index >= 15 is 0 Å². The van der Waals surface area contributed by atoms with E-state index in [1.807, 2.05) is 11.3 Å². The second-order valence-corrected chi connectivity index (χ2v) is 7.35. The summed E-state index contributed by atoms with van der Waals surface area (Å²) in [6.07, 6.45) is 1.21. The Hall–Kier alpha value is -0.900. The van der Waals surface area contributed by atoms with Crippen LogP contribution in [0.4, 0.5) is 0 Å². The molecule has 2 heterocycles. The van der Waals surface area contributed by atoms with Crippen LogP contribution in [0.1, 0.15) is 32.8 Å². The summed E-state index contributed by atoms with van der Waals surface area (Å²) >= 11 is 1.87. The summed E-state index contributed by atoms with van der Waals surface area (Å²) in [4.78, 5) is 2.64. The van der Waals surface area contributed by atoms with Crippen molar-refractivity contribution < 1.29 is 0 Å². The van der Waals surface area contributed by atoms with Crippen LogP contribution in [-0.2, 0) is 6.54 Å². The van der Waals surface area contributed by atoms with Crippen molar-refractivity contribution in [3.63, 3.8) is 0 Å². The van der Waals surface area contributed by atoms with Crippen LogP contribution >= 0.6 is 11.3 Å². The SMILES string of the molecule is CCC1CN(Cc2csc3ccccc23)C(C)(C)CN1. The number of piperazine rings is 1. The summed E-state index contributed by atoms with van der Waals surface area (Å²) in [6, 6.07) is 9.39. The molecule has 1 aromatic heterocycles. The summed E-state index contributed by atoms with van der Waals surface area (Å²) in [5.41, 5.74) is 1.71. The van der Waals surface area contributed by atoms with E-state index in [1.54, 1.807) is 0 Å². The number of rotatable bonds is 3. The fourth-order valence-corrected chi connectivity index (χ4v) is 3.95. The molecule has 20 heavy (non-hydrogen) atoms. The summed E-state index contributed by atoms with van der Waals surface area (Å²) in [7, 11) is 0. The maximum absolute atomic E-state index is 3.67. The molecule has 1 fully saturated rings. The van der Waals surface area contributed by atoms with Crippen LogP contribution in [0, 0.1) is 0 Å². The van der Waals surface area contributed by atoms with E-state index in [-0.39, 0.29) is 5.54 Å². The fraction of sp³-hybridized carbons (Fsp3) is 0.529. The van der Waals surface area contributed by atoms with Gasteiger partial charge in [0.25, 0.3) is 0 Å². The zero-order valence-electron chi connectivity index (χ0n) is 12.6. The van der Waals surface area contributed by atoms with Crippen molar-refractivity contribution >= 4 is 21.4 Å². The van der Waals surface area contributed by atoms with E-state index in [1.165, 1.54) is 22.1 Å². The van der Waals surface area contributed by atoms with Crippen LogP contribution < -0.4 is 5.32 Å². The molecule has 0 amide bonds. The maximum Gasteiger partial charge on any atom is 0.0346 e. The van der Waals surface area contributed by atoms with Crippen LogP contribution in [0.5, 0.6) is 0 Å². The Kier molecular flexibility index (Phi) is 3.85. The molecule has 1 unspecified atom stereocenters. The first-order valence-electron chi connectivity index (χ1n) is 7.53. The first-order chi connectivity index (χ1) is 9.60. The molecule has 1 atom stereocenters. The van der Waals surface area contributed by atoms with Gasteiger partial charge in [0.1, 0.15) is 0 Å². The van der Waals surface area contributed by atoms with Crippen molar-refractivity contribution in [2.75, 3.05) is 13.1 Å². The Balaban J connectivity index is 1.85. The molecule has 2 aromatic rings. The third-order valence-electron chi connectivity index (χ3n) is 4.54. The monoisotopic (exact) mass is 288 g/mol. The molecule has 1 aliphatic rings. The smallest absolute Gasteiger partial charge is 0.0346 e. The molecule has 1 N–H and O–H groups in total. The first-order valence-corrected chi connectivity index (χ1v) is 8.41. The third kappa shape index (κ3) is 2.62. The van der Waals surface area contributed by atoms with E-state index in [0.717, 1.165) is 19.6 Å². The van der Waals surface area contributed by atoms with Gasteiger partial charge in [0, 0.05) is 35.9 Å². The molecule has 0 spiro atoms. The van der Waals surface area contributed by atoms with Gasteiger partial charge in [0.15, 0.2) is 0 Å². The molecule has 0 aliphatic carbocycles. The molecule has 1 aliphatic heterocycles. The van der Waals surface area contributed by atoms with Gasteiger partial charge >= 0.3 is 0 Å². The second kappa shape index (κ2) is 5.47. The van der Waals surface area contributed by atoms with Crippen molar-refractivity contribution in [1.82, 2.24) is 10.2 Å². The lowest BCUT2D eigenvalue weighted by molar-refractivity contribution is 0.0582. The topological polar surface area (TPSA) is 15.3 Å². The van der Waals surface area contributed by atoms with Crippen molar-refractivity contribution in [3.8, 4) is 0 Å². The van der Waals surface area contributed by atoms with Crippen molar-refractivity contribution in [3.05, 3.63) is 35.2 Å². The number of nitrogens with zero attached hydrogens (tertiary/aromatic N) is 1. The number of thiophene rings is 1. The van der Waals surface area contributed by atoms with Gasteiger partial charge in [-0.15, -0.1) is 11.3 Å². The Morgan fingerprint density at radius 3 is 2.95 bits per heavy atom. The fourth-order valence-electron chi connectivity index (χ4n) is 3.00. The highest BCUT2D eigenvalue weighted by atomic mass is 32.1. The van der Waals surface area contributed by atoms with Crippen LogP contribution in [0.25, 0.3) is 10.1 Å². The lowest BCUT2D eigenvalue weighted by Crippen LogP contribution is -2.61. The highest BCUT2D eigenvalue weighted by molar-refractivity contribution is 7.17. The molecule has 0 radical (unpaired) electrons. The van der Waals surface area contributed by atoms with Gasteiger partial charge in [-0.3, -0.25) is 4.90 Å². The lowest BCUT2D eigenvalue weighted by Gasteiger charge is -2.46. The van der Waals surface area contributed by atoms with E-state index in [9.17, 15) is 0 Å². The number of hydrogen-bond acceptors (Lipinski definition) is 3. The molecule has 3 heteroatoms. The van der Waals surface area contributed by atoms with Gasteiger partial charge in [-0.1, -0.05) is 25.1 Å². The highest BCUT2D eigenvalue weighted by Crippen LogP contribution is 2.29. The molecule has 0 bridgehead atoms. The maximum atomic E-state index is 3.67. The van der Waals surface area contributed by atoms with E-state index in [4.69, 9.17) is 0 Å². The summed E-state index contributed by atoms with van der Waals surface area (Å²) in [5.74, 6) is 0. The molecule has 1 aromatic carbocycles. The number of nitrogens with one attached hydrogen (secondary N) is 1. The summed E-state index contributed by atoms with van der Waals surface area (Å²) in [5, 5.41) is 7.43. The zero-order chi connectivity index (χ0) is 14.2. The van der Waals surface area contributed by atoms with Gasteiger partial charge in [-0.05, 0) is 42.7 Å². The Morgan fingerprint density at radius 1 is 1.35 bits per heavy atom. The van der Waals surface area contributed by atoms with Crippen LogP contribution in [0.2, 0.25) is 0 Å². The molecular formula is C17H24N2S. The minimum atomic E-state index is 0.231. The third-order valence-corrected chi connectivity index (χ3v) is 5.55. The molecule has 108 valence electrons. The predicted octanol–water partition coefficient (Wildman–Crippen LogP) is 3.86.